The monoisotopic (exact) mass is 1060 g/mol. The number of nitrogens with one attached hydrogen (secondary N) is 5. The molecule has 4 aliphatic rings. The van der Waals surface area contributed by atoms with E-state index in [4.69, 9.17) is 23.9 Å². The minimum absolute atomic E-state index is 0.00655. The molecule has 1 unspecified atom stereocenters. The molecule has 23 heteroatoms. The summed E-state index contributed by atoms with van der Waals surface area (Å²) in [6.45, 7) is 9.48. The number of halogens is 1. The van der Waals surface area contributed by atoms with Gasteiger partial charge in [-0.15, -0.1) is 0 Å². The highest BCUT2D eigenvalue weighted by atomic mass is 19.1. The summed E-state index contributed by atoms with van der Waals surface area (Å²) in [5, 5.41) is 25.8. The maximum atomic E-state index is 15.6. The highest BCUT2D eigenvalue weighted by Crippen LogP contribution is 2.46. The summed E-state index contributed by atoms with van der Waals surface area (Å²) in [4.78, 5) is 122. The van der Waals surface area contributed by atoms with Crippen LogP contribution >= 0.6 is 0 Å². The number of rotatable bonds is 21. The maximum absolute atomic E-state index is 15.6. The first-order valence-electron chi connectivity index (χ1n) is 25.4. The highest BCUT2D eigenvalue weighted by Gasteiger charge is 2.46. The molecule has 0 bridgehead atoms. The van der Waals surface area contributed by atoms with E-state index in [0.29, 0.717) is 56.7 Å². The van der Waals surface area contributed by atoms with E-state index in [2.05, 4.69) is 26.6 Å². The van der Waals surface area contributed by atoms with Crippen molar-refractivity contribution < 1.29 is 66.8 Å². The smallest absolute Gasteiger partial charge is 0.408 e. The molecule has 77 heavy (non-hydrogen) atoms. The Hall–Kier alpha value is -7.89. The largest absolute Gasteiger partial charge is 0.458 e. The summed E-state index contributed by atoms with van der Waals surface area (Å²) < 4.78 is 39.4. The van der Waals surface area contributed by atoms with Gasteiger partial charge in [0.1, 0.15) is 30.6 Å². The van der Waals surface area contributed by atoms with Crippen LogP contribution in [0.1, 0.15) is 105 Å². The first-order valence-corrected chi connectivity index (χ1v) is 25.4. The lowest BCUT2D eigenvalue weighted by Crippen LogP contribution is -2.53. The van der Waals surface area contributed by atoms with Gasteiger partial charge in [-0.1, -0.05) is 32.9 Å². The van der Waals surface area contributed by atoms with Crippen molar-refractivity contribution in [3.8, 4) is 11.4 Å². The number of aliphatic hydroxyl groups is 1. The number of carbonyl (C=O) groups excluding carboxylic acids is 8. The zero-order valence-corrected chi connectivity index (χ0v) is 43.5. The van der Waals surface area contributed by atoms with Gasteiger partial charge in [0.2, 0.25) is 23.6 Å². The van der Waals surface area contributed by atoms with Crippen LogP contribution in [-0.2, 0) is 77.7 Å². The van der Waals surface area contributed by atoms with Gasteiger partial charge in [0.25, 0.3) is 17.4 Å². The molecule has 2 aromatic carbocycles. The van der Waals surface area contributed by atoms with E-state index < -0.39 is 88.7 Å². The molecule has 8 rings (SSSR count). The quantitative estimate of drug-likeness (QED) is 0.0350. The Morgan fingerprint density at radius 3 is 2.30 bits per heavy atom. The number of anilines is 1. The van der Waals surface area contributed by atoms with Gasteiger partial charge in [0, 0.05) is 53.8 Å². The molecular weight excluding hydrogens is 1000 g/mol. The van der Waals surface area contributed by atoms with Crippen molar-refractivity contribution in [3.05, 3.63) is 104 Å². The number of amides is 7. The Morgan fingerprint density at radius 2 is 1.62 bits per heavy atom. The number of pyridine rings is 2. The number of aryl methyl sites for hydroxylation is 1. The van der Waals surface area contributed by atoms with Crippen LogP contribution in [0.5, 0.6) is 0 Å². The van der Waals surface area contributed by atoms with Crippen LogP contribution in [0.4, 0.5) is 14.9 Å². The van der Waals surface area contributed by atoms with Gasteiger partial charge in [-0.3, -0.25) is 38.5 Å². The molecule has 0 saturated heterocycles. The van der Waals surface area contributed by atoms with Crippen LogP contribution in [0, 0.1) is 18.7 Å². The molecule has 5 atom stereocenters. The summed E-state index contributed by atoms with van der Waals surface area (Å²) in [6, 6.07) is 6.52. The molecule has 2 aromatic heterocycles. The average molecular weight is 1070 g/mol. The molecule has 6 N–H and O–H groups in total. The maximum Gasteiger partial charge on any atom is 0.408 e. The Bertz CT molecular complexity index is 3140. The molecule has 0 radical (unpaired) electrons. The van der Waals surface area contributed by atoms with Crippen LogP contribution in [0.3, 0.4) is 0 Å². The van der Waals surface area contributed by atoms with Crippen LogP contribution in [0.15, 0.2) is 53.3 Å². The molecule has 0 saturated carbocycles. The summed E-state index contributed by atoms with van der Waals surface area (Å²) in [7, 11) is 0. The van der Waals surface area contributed by atoms with E-state index in [1.807, 2.05) is 0 Å². The van der Waals surface area contributed by atoms with Crippen molar-refractivity contribution in [1.29, 1.82) is 0 Å². The third kappa shape index (κ3) is 11.6. The molecule has 408 valence electrons. The van der Waals surface area contributed by atoms with E-state index in [0.717, 1.165) is 4.90 Å². The van der Waals surface area contributed by atoms with Crippen molar-refractivity contribution in [3.63, 3.8) is 0 Å². The van der Waals surface area contributed by atoms with E-state index in [1.165, 1.54) is 36.6 Å². The zero-order valence-electron chi connectivity index (χ0n) is 43.5. The topological polar surface area (TPSA) is 292 Å². The average Bonchev–Trinajstić information content (AvgIpc) is 4.17. The number of esters is 1. The summed E-state index contributed by atoms with van der Waals surface area (Å²) in [5.41, 5.74) is 1.55. The molecule has 5 heterocycles. The standard InChI is InChI=1S/C54H61FN8O14/c1-7-54(73)36-22-40-48-34(25-63(40)51(70)35(36)26-76-52(54)71)46-38(13-12-33-28(4)37(55)23-39(60-48)45(33)46)61-53(72)77-41(24-56-42(65)16-18-74-20-21-75-19-17-62-43(66)14-15-44(62)67)31-8-10-32(11-9-31)59-49(68)29(5)57-50(69)47(27(2)3)58-30(6)64/h8-11,14-15,22-23,27,29,38,41,47,73H,7,12-13,16-21,24-26H2,1-6H3,(H,56,65)(H,57,69)(H,58,64)(H,59,68)(H,61,72)/t29-,38-,41?,47-,54-/m0/s1. The minimum atomic E-state index is -2.08. The lowest BCUT2D eigenvalue weighted by Gasteiger charge is -2.31. The summed E-state index contributed by atoms with van der Waals surface area (Å²) in [5.74, 6) is -4.38. The third-order valence-corrected chi connectivity index (χ3v) is 14.2. The molecule has 0 fully saturated rings. The Balaban J connectivity index is 0.991. The number of aromatic nitrogens is 2. The van der Waals surface area contributed by atoms with E-state index >= 15 is 4.39 Å². The Kier molecular flexibility index (Phi) is 16.6. The molecule has 7 amide bonds. The summed E-state index contributed by atoms with van der Waals surface area (Å²) >= 11 is 0. The fourth-order valence-electron chi connectivity index (χ4n) is 9.98. The van der Waals surface area contributed by atoms with Crippen molar-refractivity contribution in [1.82, 2.24) is 35.7 Å². The zero-order chi connectivity index (χ0) is 55.5. The minimum Gasteiger partial charge on any atom is -0.458 e. The van der Waals surface area contributed by atoms with Gasteiger partial charge in [-0.05, 0) is 79.5 Å². The third-order valence-electron chi connectivity index (χ3n) is 14.2. The predicted octanol–water partition coefficient (Wildman–Crippen LogP) is 3.05. The molecule has 4 aromatic rings. The van der Waals surface area contributed by atoms with Gasteiger partial charge in [-0.25, -0.2) is 19.0 Å². The van der Waals surface area contributed by atoms with E-state index in [9.17, 15) is 48.3 Å². The number of cyclic esters (lactones) is 1. The number of alkyl carbamates (subject to hydrolysis) is 1. The molecule has 0 spiro atoms. The van der Waals surface area contributed by atoms with Crippen molar-refractivity contribution in [2.45, 2.75) is 110 Å². The van der Waals surface area contributed by atoms with E-state index in [1.54, 1.807) is 58.0 Å². The van der Waals surface area contributed by atoms with Gasteiger partial charge in [0.05, 0.1) is 74.6 Å². The van der Waals surface area contributed by atoms with Crippen LogP contribution < -0.4 is 32.1 Å². The Labute approximate surface area is 441 Å². The number of nitrogens with zero attached hydrogens (tertiary/aromatic N) is 3. The van der Waals surface area contributed by atoms with Crippen molar-refractivity contribution >= 4 is 64.1 Å². The van der Waals surface area contributed by atoms with Crippen molar-refractivity contribution in [2.24, 2.45) is 5.92 Å². The Morgan fingerprint density at radius 1 is 0.922 bits per heavy atom. The lowest BCUT2D eigenvalue weighted by molar-refractivity contribution is -0.172. The van der Waals surface area contributed by atoms with Crippen molar-refractivity contribution in [2.75, 3.05) is 44.8 Å². The van der Waals surface area contributed by atoms with Crippen LogP contribution in [0.25, 0.3) is 22.3 Å². The van der Waals surface area contributed by atoms with Gasteiger partial charge in [-0.2, -0.15) is 0 Å². The lowest BCUT2D eigenvalue weighted by atomic mass is 9.81. The number of hydrogen-bond acceptors (Lipinski definition) is 15. The molecule has 1 aliphatic carbocycles. The predicted molar refractivity (Wildman–Crippen MR) is 273 cm³/mol. The normalized spacial score (nSPS) is 18.2. The number of ether oxygens (including phenoxy) is 4. The van der Waals surface area contributed by atoms with Gasteiger partial charge < -0.3 is 55.2 Å². The van der Waals surface area contributed by atoms with Crippen LogP contribution in [0.2, 0.25) is 0 Å². The number of fused-ring (bicyclic) bond motifs is 5. The number of carbonyl (C=O) groups is 8. The van der Waals surface area contributed by atoms with Gasteiger partial charge >= 0.3 is 12.1 Å². The fourth-order valence-corrected chi connectivity index (χ4v) is 9.98. The number of imide groups is 1. The first kappa shape index (κ1) is 55.3. The number of hydrogen-bond donors (Lipinski definition) is 6. The second kappa shape index (κ2) is 23.2. The highest BCUT2D eigenvalue weighted by molar-refractivity contribution is 6.12. The van der Waals surface area contributed by atoms with Gasteiger partial charge in [0.15, 0.2) is 5.60 Å². The second-order valence-corrected chi connectivity index (χ2v) is 19.6. The molecular formula is C54H61FN8O14. The second-order valence-electron chi connectivity index (χ2n) is 19.6. The van der Waals surface area contributed by atoms with Crippen LogP contribution in [-0.4, -0.2) is 119 Å². The first-order chi connectivity index (χ1) is 36.7. The molecule has 22 nitrogen and oxygen atoms in total. The SMILES string of the molecule is CC[C@@]1(O)C(=O)OCc2c1cc1n(c2=O)Cc2c-1nc1cc(F)c(C)c3c1c2[C@@H](NC(=O)OC(CNC(=O)CCOCCOCCN1C(=O)C=CC1=O)c1ccc(NC(=O)[C@H](C)NC(=O)[C@@H](NC(C)=O)C(C)C)cc1)CC3. The van der Waals surface area contributed by atoms with E-state index in [-0.39, 0.29) is 94.5 Å². The number of benzene rings is 2. The summed E-state index contributed by atoms with van der Waals surface area (Å²) in [6.07, 6.45) is 0.856. The fraction of sp³-hybridized carbons (Fsp3) is 0.444. The molecule has 3 aliphatic heterocycles.